The molecule has 2 rings (SSSR count). The van der Waals surface area contributed by atoms with E-state index < -0.39 is 6.09 Å². The maximum absolute atomic E-state index is 11.6. The molecule has 6 heteroatoms. The van der Waals surface area contributed by atoms with Crippen molar-refractivity contribution in [1.29, 1.82) is 0 Å². The lowest BCUT2D eigenvalue weighted by Crippen LogP contribution is -2.43. The van der Waals surface area contributed by atoms with Crippen molar-refractivity contribution in [2.75, 3.05) is 33.3 Å². The number of hydrogen-bond donors (Lipinski definition) is 2. The Labute approximate surface area is 101 Å². The van der Waals surface area contributed by atoms with Crippen LogP contribution in [0.15, 0.2) is 0 Å². The van der Waals surface area contributed by atoms with Gasteiger partial charge in [0.15, 0.2) is 0 Å². The summed E-state index contributed by atoms with van der Waals surface area (Å²) in [6.45, 7) is 5.39. The molecular weight excluding hydrogens is 222 g/mol. The molecule has 17 heavy (non-hydrogen) atoms. The molecular formula is C11H19N3O3. The van der Waals surface area contributed by atoms with Crippen molar-refractivity contribution >= 4 is 12.0 Å². The van der Waals surface area contributed by atoms with Crippen LogP contribution >= 0.6 is 0 Å². The van der Waals surface area contributed by atoms with E-state index in [0.29, 0.717) is 17.9 Å². The van der Waals surface area contributed by atoms with Gasteiger partial charge in [-0.2, -0.15) is 0 Å². The van der Waals surface area contributed by atoms with Crippen LogP contribution in [0.4, 0.5) is 4.79 Å². The normalized spacial score (nSPS) is 32.2. The van der Waals surface area contributed by atoms with Gasteiger partial charge < -0.3 is 10.1 Å². The molecule has 2 aliphatic rings. The number of nitrogens with zero attached hydrogens (tertiary/aromatic N) is 1. The molecule has 0 radical (unpaired) electrons. The van der Waals surface area contributed by atoms with Gasteiger partial charge in [0.1, 0.15) is 0 Å². The van der Waals surface area contributed by atoms with Crippen LogP contribution in [0.1, 0.15) is 6.92 Å². The van der Waals surface area contributed by atoms with Crippen LogP contribution in [-0.4, -0.2) is 56.2 Å². The zero-order chi connectivity index (χ0) is 12.4. The summed E-state index contributed by atoms with van der Waals surface area (Å²) in [7, 11) is 1.25. The van der Waals surface area contributed by atoms with Gasteiger partial charge in [0.2, 0.25) is 5.91 Å². The molecule has 0 saturated carbocycles. The summed E-state index contributed by atoms with van der Waals surface area (Å²) in [5.41, 5.74) is 0. The standard InChI is InChI=1S/C11H19N3O3/c1-7-9-4-12-3-8(9)5-14(7)6-10(15)13-11(16)17-2/h7-9,12H,3-6H2,1-2H3,(H,13,15,16). The number of carbonyl (C=O) groups is 2. The fourth-order valence-electron chi connectivity index (χ4n) is 2.85. The third-order valence-corrected chi connectivity index (χ3v) is 3.83. The first-order valence-corrected chi connectivity index (χ1v) is 5.94. The van der Waals surface area contributed by atoms with Crippen LogP contribution in [0.5, 0.6) is 0 Å². The van der Waals surface area contributed by atoms with Gasteiger partial charge in [0.25, 0.3) is 0 Å². The highest BCUT2D eigenvalue weighted by Crippen LogP contribution is 2.31. The number of likely N-dealkylation sites (tertiary alicyclic amines) is 1. The summed E-state index contributed by atoms with van der Waals surface area (Å²) < 4.78 is 4.39. The number of rotatable bonds is 2. The first-order chi connectivity index (χ1) is 8.11. The smallest absolute Gasteiger partial charge is 0.413 e. The molecule has 2 N–H and O–H groups in total. The minimum absolute atomic E-state index is 0.267. The lowest BCUT2D eigenvalue weighted by molar-refractivity contribution is -0.121. The minimum Gasteiger partial charge on any atom is -0.453 e. The van der Waals surface area contributed by atoms with Crippen molar-refractivity contribution in [2.24, 2.45) is 11.8 Å². The summed E-state index contributed by atoms with van der Waals surface area (Å²) in [5, 5.41) is 5.55. The summed E-state index contributed by atoms with van der Waals surface area (Å²) in [4.78, 5) is 24.6. The van der Waals surface area contributed by atoms with Crippen molar-refractivity contribution in [3.63, 3.8) is 0 Å². The van der Waals surface area contributed by atoms with Gasteiger partial charge in [-0.1, -0.05) is 0 Å². The van der Waals surface area contributed by atoms with Crippen molar-refractivity contribution in [3.05, 3.63) is 0 Å². The monoisotopic (exact) mass is 241 g/mol. The van der Waals surface area contributed by atoms with E-state index in [4.69, 9.17) is 0 Å². The maximum Gasteiger partial charge on any atom is 0.413 e. The number of imide groups is 1. The first kappa shape index (κ1) is 12.3. The third kappa shape index (κ3) is 2.58. The SMILES string of the molecule is COC(=O)NC(=O)CN1CC2CNCC2C1C. The molecule has 0 aromatic heterocycles. The predicted octanol–water partition coefficient (Wildman–Crippen LogP) is -0.591. The Morgan fingerprint density at radius 2 is 2.24 bits per heavy atom. The Kier molecular flexibility index (Phi) is 3.63. The Morgan fingerprint density at radius 3 is 2.88 bits per heavy atom. The zero-order valence-electron chi connectivity index (χ0n) is 10.2. The van der Waals surface area contributed by atoms with E-state index in [2.05, 4.69) is 27.2 Å². The van der Waals surface area contributed by atoms with Crippen molar-refractivity contribution < 1.29 is 14.3 Å². The van der Waals surface area contributed by atoms with E-state index in [1.165, 1.54) is 7.11 Å². The number of alkyl carbamates (subject to hydrolysis) is 1. The topological polar surface area (TPSA) is 70.7 Å². The molecule has 6 nitrogen and oxygen atoms in total. The molecule has 0 aromatic rings. The largest absolute Gasteiger partial charge is 0.453 e. The average Bonchev–Trinajstić information content (AvgIpc) is 2.84. The lowest BCUT2D eigenvalue weighted by atomic mass is 9.95. The van der Waals surface area contributed by atoms with E-state index in [-0.39, 0.29) is 12.5 Å². The summed E-state index contributed by atoms with van der Waals surface area (Å²) in [6, 6.07) is 0.387. The van der Waals surface area contributed by atoms with Crippen LogP contribution in [0.3, 0.4) is 0 Å². The quantitative estimate of drug-likeness (QED) is 0.676. The minimum atomic E-state index is -0.691. The molecule has 2 aliphatic heterocycles. The van der Waals surface area contributed by atoms with Crippen LogP contribution in [-0.2, 0) is 9.53 Å². The summed E-state index contributed by atoms with van der Waals surface area (Å²) >= 11 is 0. The van der Waals surface area contributed by atoms with E-state index in [1.807, 2.05) is 0 Å². The highest BCUT2D eigenvalue weighted by Gasteiger charge is 2.42. The Balaban J connectivity index is 1.84. The Bertz CT molecular complexity index is 321. The van der Waals surface area contributed by atoms with Crippen LogP contribution in [0.25, 0.3) is 0 Å². The van der Waals surface area contributed by atoms with Gasteiger partial charge >= 0.3 is 6.09 Å². The zero-order valence-corrected chi connectivity index (χ0v) is 10.2. The van der Waals surface area contributed by atoms with Crippen molar-refractivity contribution in [2.45, 2.75) is 13.0 Å². The van der Waals surface area contributed by atoms with Gasteiger partial charge in [-0.3, -0.25) is 15.0 Å². The molecule has 3 unspecified atom stereocenters. The molecule has 96 valence electrons. The molecule has 0 spiro atoms. The predicted molar refractivity (Wildman–Crippen MR) is 61.4 cm³/mol. The van der Waals surface area contributed by atoms with Gasteiger partial charge in [-0.05, 0) is 31.8 Å². The highest BCUT2D eigenvalue weighted by molar-refractivity contribution is 5.92. The summed E-state index contributed by atoms with van der Waals surface area (Å²) in [5.74, 6) is 0.966. The van der Waals surface area contributed by atoms with Gasteiger partial charge in [-0.15, -0.1) is 0 Å². The second kappa shape index (κ2) is 5.01. The lowest BCUT2D eigenvalue weighted by Gasteiger charge is -2.23. The number of hydrogen-bond acceptors (Lipinski definition) is 5. The molecule has 0 aromatic carbocycles. The number of amides is 2. The van der Waals surface area contributed by atoms with Gasteiger partial charge in [0, 0.05) is 12.6 Å². The number of ether oxygens (including phenoxy) is 1. The van der Waals surface area contributed by atoms with E-state index in [9.17, 15) is 9.59 Å². The van der Waals surface area contributed by atoms with E-state index in [0.717, 1.165) is 19.6 Å². The molecule has 2 amide bonds. The van der Waals surface area contributed by atoms with Crippen molar-refractivity contribution in [3.8, 4) is 0 Å². The maximum atomic E-state index is 11.6. The summed E-state index contributed by atoms with van der Waals surface area (Å²) in [6.07, 6.45) is -0.691. The molecule has 2 fully saturated rings. The number of fused-ring (bicyclic) bond motifs is 1. The molecule has 2 saturated heterocycles. The molecule has 2 heterocycles. The van der Waals surface area contributed by atoms with Crippen LogP contribution in [0, 0.1) is 11.8 Å². The Hall–Kier alpha value is -1.14. The number of carbonyl (C=O) groups excluding carboxylic acids is 2. The fourth-order valence-corrected chi connectivity index (χ4v) is 2.85. The second-order valence-electron chi connectivity index (χ2n) is 4.79. The average molecular weight is 241 g/mol. The van der Waals surface area contributed by atoms with Gasteiger partial charge in [-0.25, -0.2) is 4.79 Å². The molecule has 0 aliphatic carbocycles. The first-order valence-electron chi connectivity index (χ1n) is 5.94. The van der Waals surface area contributed by atoms with E-state index >= 15 is 0 Å². The van der Waals surface area contributed by atoms with Gasteiger partial charge in [0.05, 0.1) is 13.7 Å². The third-order valence-electron chi connectivity index (χ3n) is 3.83. The van der Waals surface area contributed by atoms with Crippen molar-refractivity contribution in [1.82, 2.24) is 15.5 Å². The van der Waals surface area contributed by atoms with E-state index in [1.54, 1.807) is 0 Å². The fraction of sp³-hybridized carbons (Fsp3) is 0.818. The molecule has 3 atom stereocenters. The molecule has 0 bridgehead atoms. The number of methoxy groups -OCH3 is 1. The van der Waals surface area contributed by atoms with Crippen LogP contribution in [0.2, 0.25) is 0 Å². The number of nitrogens with one attached hydrogen (secondary N) is 2. The van der Waals surface area contributed by atoms with Crippen LogP contribution < -0.4 is 10.6 Å². The Morgan fingerprint density at radius 1 is 1.47 bits per heavy atom. The second-order valence-corrected chi connectivity index (χ2v) is 4.79. The highest BCUT2D eigenvalue weighted by atomic mass is 16.5.